The molecule has 1 aliphatic heterocycles. The Morgan fingerprint density at radius 1 is 1.15 bits per heavy atom. The topological polar surface area (TPSA) is 193 Å². The van der Waals surface area contributed by atoms with Crippen molar-refractivity contribution in [2.45, 2.75) is 45.4 Å². The molecule has 3 aromatic rings. The molecule has 0 unspecified atom stereocenters. The number of hydrogen-bond donors (Lipinski definition) is 3. The molecule has 0 aliphatic carbocycles. The Morgan fingerprint density at radius 2 is 1.77 bits per heavy atom. The van der Waals surface area contributed by atoms with Gasteiger partial charge < -0.3 is 29.3 Å². The van der Waals surface area contributed by atoms with E-state index in [1.165, 1.54) is 4.31 Å². The van der Waals surface area contributed by atoms with Crippen molar-refractivity contribution in [1.29, 1.82) is 0 Å². The SMILES string of the molecule is CCCc1nc(C)c2c(=O)[nH]c(-c3cc(S(=O)(=O)N4CCN(CC)CC4)ccc3OCC)nn12.O=P([O-])(O)O.[Cs+]. The van der Waals surface area contributed by atoms with Gasteiger partial charge >= 0.3 is 68.9 Å². The molecule has 1 aromatic carbocycles. The van der Waals surface area contributed by atoms with Crippen molar-refractivity contribution in [3.8, 4) is 17.1 Å². The Morgan fingerprint density at radius 3 is 2.33 bits per heavy atom. The van der Waals surface area contributed by atoms with Crippen LogP contribution in [0.4, 0.5) is 0 Å². The molecule has 1 saturated heterocycles. The monoisotopic (exact) mass is 718 g/mol. The van der Waals surface area contributed by atoms with E-state index >= 15 is 0 Å². The number of aromatic amines is 1. The number of benzene rings is 1. The van der Waals surface area contributed by atoms with Crippen LogP contribution in [-0.2, 0) is 21.0 Å². The molecule has 40 heavy (non-hydrogen) atoms. The summed E-state index contributed by atoms with van der Waals surface area (Å²) in [7, 11) is -8.60. The van der Waals surface area contributed by atoms with E-state index in [1.54, 1.807) is 29.6 Å². The van der Waals surface area contributed by atoms with E-state index in [0.717, 1.165) is 13.0 Å². The number of rotatable bonds is 8. The van der Waals surface area contributed by atoms with E-state index in [2.05, 4.69) is 26.9 Å². The number of hydrogen-bond acceptors (Lipinski definition) is 9. The summed E-state index contributed by atoms with van der Waals surface area (Å²) in [5, 5.41) is 4.65. The second-order valence-electron chi connectivity index (χ2n) is 8.85. The largest absolute Gasteiger partial charge is 1.00 e. The molecule has 0 radical (unpaired) electrons. The van der Waals surface area contributed by atoms with Crippen molar-refractivity contribution in [3.63, 3.8) is 0 Å². The van der Waals surface area contributed by atoms with Gasteiger partial charge in [0.05, 0.1) is 22.8 Å². The third kappa shape index (κ3) is 8.95. The van der Waals surface area contributed by atoms with Crippen LogP contribution >= 0.6 is 7.82 Å². The Bertz CT molecular complexity index is 1510. The molecule has 3 heterocycles. The first-order valence-corrected chi connectivity index (χ1v) is 15.5. The number of aryl methyl sites for hydroxylation is 2. The number of aromatic nitrogens is 4. The molecule has 14 nitrogen and oxygen atoms in total. The van der Waals surface area contributed by atoms with Crippen LogP contribution in [0.25, 0.3) is 16.9 Å². The minimum absolute atomic E-state index is 0. The molecule has 0 atom stereocenters. The molecule has 2 aromatic heterocycles. The molecule has 0 spiro atoms. The Balaban J connectivity index is 0.000000858. The van der Waals surface area contributed by atoms with Gasteiger partial charge in [0.25, 0.3) is 13.4 Å². The average molecular weight is 719 g/mol. The number of nitrogens with zero attached hydrogens (tertiary/aromatic N) is 5. The summed E-state index contributed by atoms with van der Waals surface area (Å²) in [6.07, 6.45) is 1.52. The summed E-state index contributed by atoms with van der Waals surface area (Å²) in [6.45, 7) is 11.3. The number of fused-ring (bicyclic) bond motifs is 1. The predicted molar refractivity (Wildman–Crippen MR) is 142 cm³/mol. The van der Waals surface area contributed by atoms with Crippen LogP contribution in [0.15, 0.2) is 27.9 Å². The van der Waals surface area contributed by atoms with Crippen molar-refractivity contribution in [2.75, 3.05) is 39.3 Å². The van der Waals surface area contributed by atoms with Crippen molar-refractivity contribution < 1.29 is 101 Å². The smallest absolute Gasteiger partial charge is 0.756 e. The van der Waals surface area contributed by atoms with Gasteiger partial charge in [0.1, 0.15) is 11.6 Å². The van der Waals surface area contributed by atoms with E-state index in [9.17, 15) is 13.2 Å². The van der Waals surface area contributed by atoms with Gasteiger partial charge in [-0.3, -0.25) is 9.36 Å². The van der Waals surface area contributed by atoms with Gasteiger partial charge in [-0.1, -0.05) is 13.8 Å². The normalized spacial score (nSPS) is 14.9. The van der Waals surface area contributed by atoms with Gasteiger partial charge in [0.15, 0.2) is 11.3 Å². The summed E-state index contributed by atoms with van der Waals surface area (Å²) < 4.78 is 44.4. The Labute approximate surface area is 291 Å². The molecule has 0 amide bonds. The van der Waals surface area contributed by atoms with E-state index < -0.39 is 17.8 Å². The summed E-state index contributed by atoms with van der Waals surface area (Å²) in [6, 6.07) is 4.72. The van der Waals surface area contributed by atoms with E-state index in [-0.39, 0.29) is 85.2 Å². The first-order valence-electron chi connectivity index (χ1n) is 12.5. The summed E-state index contributed by atoms with van der Waals surface area (Å²) in [5.74, 6) is 1.38. The number of nitrogens with one attached hydrogen (secondary N) is 1. The number of sulfonamides is 1. The molecule has 4 rings (SSSR count). The third-order valence-electron chi connectivity index (χ3n) is 6.14. The maximum Gasteiger partial charge on any atom is 1.00 e. The number of piperazine rings is 1. The molecule has 216 valence electrons. The molecule has 17 heteroatoms. The fourth-order valence-corrected chi connectivity index (χ4v) is 5.76. The third-order valence-corrected chi connectivity index (χ3v) is 8.03. The van der Waals surface area contributed by atoms with E-state index in [4.69, 9.17) is 24.0 Å². The van der Waals surface area contributed by atoms with Gasteiger partial charge in [0.2, 0.25) is 10.0 Å². The number of imidazole rings is 1. The molecule has 3 N–H and O–H groups in total. The first kappa shape index (κ1) is 35.6. The second-order valence-corrected chi connectivity index (χ2v) is 11.8. The van der Waals surface area contributed by atoms with Gasteiger partial charge in [-0.15, -0.1) is 5.10 Å². The Kier molecular flexibility index (Phi) is 13.5. The average Bonchev–Trinajstić information content (AvgIpc) is 3.19. The zero-order valence-corrected chi connectivity index (χ0v) is 31.3. The number of ether oxygens (including phenoxy) is 1. The minimum Gasteiger partial charge on any atom is -0.756 e. The zero-order valence-electron chi connectivity index (χ0n) is 23.3. The molecule has 0 saturated carbocycles. The van der Waals surface area contributed by atoms with Crippen LogP contribution < -0.4 is 84.1 Å². The minimum atomic E-state index is -4.89. The quantitative estimate of drug-likeness (QED) is 0.209. The standard InChI is InChI=1S/C23H32N6O4S.Cs.H3O4P/c1-5-8-20-24-16(4)21-23(30)25-22(26-29(20)21)18-15-17(9-10-19(18)33-7-3)34(31,32)28-13-11-27(6-2)12-14-28;;1-5(2,3)4/h9-10,15H,5-8,11-14H2,1-4H3,(H,25,26,30);;(H3,1,2,3,4)/q;+1;/p-1. The van der Waals surface area contributed by atoms with Crippen LogP contribution in [0.3, 0.4) is 0 Å². The van der Waals surface area contributed by atoms with E-state index in [0.29, 0.717) is 67.6 Å². The molecular weight excluding hydrogens is 684 g/mol. The second kappa shape index (κ2) is 15.2. The Hall–Kier alpha value is -0.598. The zero-order chi connectivity index (χ0) is 29.0. The van der Waals surface area contributed by atoms with Crippen molar-refractivity contribution in [3.05, 3.63) is 40.1 Å². The summed E-state index contributed by atoms with van der Waals surface area (Å²) in [4.78, 5) is 45.6. The summed E-state index contributed by atoms with van der Waals surface area (Å²) in [5.41, 5.74) is 1.09. The molecular formula is C23H34CsN6O8PS. The van der Waals surface area contributed by atoms with Crippen LogP contribution in [0, 0.1) is 6.92 Å². The number of phosphoric acid groups is 1. The van der Waals surface area contributed by atoms with Crippen molar-refractivity contribution >= 4 is 23.4 Å². The van der Waals surface area contributed by atoms with Gasteiger partial charge in [0, 0.05) is 32.6 Å². The maximum atomic E-state index is 13.4. The predicted octanol–water partition coefficient (Wildman–Crippen LogP) is -2.49. The number of likely N-dealkylation sites (N-methyl/N-ethyl adjacent to an activating group) is 1. The summed E-state index contributed by atoms with van der Waals surface area (Å²) >= 11 is 0. The van der Waals surface area contributed by atoms with Gasteiger partial charge in [-0.25, -0.2) is 17.9 Å². The van der Waals surface area contributed by atoms with Crippen LogP contribution in [0.1, 0.15) is 38.7 Å². The van der Waals surface area contributed by atoms with Gasteiger partial charge in [-0.2, -0.15) is 4.31 Å². The molecule has 1 aliphatic rings. The van der Waals surface area contributed by atoms with Crippen LogP contribution in [-0.4, -0.2) is 86.3 Å². The first-order chi connectivity index (χ1) is 18.3. The molecule has 0 bridgehead atoms. The fourth-order valence-electron chi connectivity index (χ4n) is 4.31. The number of H-pyrrole nitrogens is 1. The van der Waals surface area contributed by atoms with Crippen LogP contribution in [0.2, 0.25) is 0 Å². The van der Waals surface area contributed by atoms with Crippen molar-refractivity contribution in [2.24, 2.45) is 0 Å². The van der Waals surface area contributed by atoms with E-state index in [1.807, 2.05) is 13.8 Å². The van der Waals surface area contributed by atoms with Crippen molar-refractivity contribution in [1.82, 2.24) is 28.8 Å². The van der Waals surface area contributed by atoms with Crippen LogP contribution in [0.5, 0.6) is 5.75 Å². The maximum absolute atomic E-state index is 13.4. The van der Waals surface area contributed by atoms with Gasteiger partial charge in [-0.05, 0) is 45.0 Å². The fraction of sp³-hybridized carbons (Fsp3) is 0.522. The molecule has 1 fully saturated rings.